The van der Waals surface area contributed by atoms with Crippen molar-refractivity contribution < 1.29 is 9.59 Å². The number of hydrogen-bond donors (Lipinski definition) is 2. The minimum atomic E-state index is -0.209. The summed E-state index contributed by atoms with van der Waals surface area (Å²) in [6.07, 6.45) is 3.42. The highest BCUT2D eigenvalue weighted by Crippen LogP contribution is 2.28. The van der Waals surface area contributed by atoms with Crippen LogP contribution in [0, 0.1) is 6.42 Å². The third-order valence-electron chi connectivity index (χ3n) is 3.03. The van der Waals surface area contributed by atoms with E-state index in [1.165, 1.54) is 0 Å². The van der Waals surface area contributed by atoms with Gasteiger partial charge in [-0.2, -0.15) is 0 Å². The van der Waals surface area contributed by atoms with E-state index < -0.39 is 0 Å². The second-order valence-corrected chi connectivity index (χ2v) is 4.08. The van der Waals surface area contributed by atoms with E-state index in [1.807, 2.05) is 6.07 Å². The number of ketones is 1. The molecule has 0 saturated carbocycles. The Kier molecular flexibility index (Phi) is 1.96. The van der Waals surface area contributed by atoms with Gasteiger partial charge < -0.3 is 10.6 Å². The van der Waals surface area contributed by atoms with E-state index in [0.29, 0.717) is 6.54 Å². The van der Waals surface area contributed by atoms with Gasteiger partial charge in [-0.05, 0) is 30.0 Å². The van der Waals surface area contributed by atoms with E-state index >= 15 is 0 Å². The highest BCUT2D eigenvalue weighted by molar-refractivity contribution is 6.06. The highest BCUT2D eigenvalue weighted by atomic mass is 16.2. The first-order valence-electron chi connectivity index (χ1n) is 5.32. The van der Waals surface area contributed by atoms with Crippen molar-refractivity contribution >= 4 is 17.5 Å². The van der Waals surface area contributed by atoms with Gasteiger partial charge in [-0.1, -0.05) is 6.07 Å². The second kappa shape index (κ2) is 3.33. The number of amides is 2. The fraction of sp³-hybridized carbons (Fsp3) is 0.250. The zero-order valence-corrected chi connectivity index (χ0v) is 8.67. The molecule has 0 atom stereocenters. The Labute approximate surface area is 93.0 Å². The zero-order chi connectivity index (χ0) is 11.1. The molecule has 2 amide bonds. The van der Waals surface area contributed by atoms with Crippen molar-refractivity contribution in [2.75, 3.05) is 5.32 Å². The molecule has 1 aromatic carbocycles. The Bertz CT molecular complexity index is 494. The number of fused-ring (bicyclic) bond motifs is 2. The maximum atomic E-state index is 11.7. The van der Waals surface area contributed by atoms with Crippen LogP contribution in [0.4, 0.5) is 10.5 Å². The van der Waals surface area contributed by atoms with Gasteiger partial charge in [-0.25, -0.2) is 4.79 Å². The van der Waals surface area contributed by atoms with Crippen LogP contribution in [0.5, 0.6) is 0 Å². The van der Waals surface area contributed by atoms with Crippen LogP contribution in [0.15, 0.2) is 12.1 Å². The van der Waals surface area contributed by atoms with E-state index in [9.17, 15) is 9.59 Å². The fourth-order valence-corrected chi connectivity index (χ4v) is 2.21. The molecule has 1 radical (unpaired) electrons. The van der Waals surface area contributed by atoms with Crippen LogP contribution >= 0.6 is 0 Å². The van der Waals surface area contributed by atoms with Crippen LogP contribution in [-0.4, -0.2) is 11.8 Å². The lowest BCUT2D eigenvalue weighted by Crippen LogP contribution is -2.33. The summed E-state index contributed by atoms with van der Waals surface area (Å²) in [4.78, 5) is 22.8. The molecule has 0 fully saturated rings. The summed E-state index contributed by atoms with van der Waals surface area (Å²) in [5, 5.41) is 5.43. The van der Waals surface area contributed by atoms with Crippen molar-refractivity contribution in [3.63, 3.8) is 0 Å². The number of carbonyl (C=O) groups is 2. The molecule has 2 aliphatic rings. The normalized spacial score (nSPS) is 18.2. The lowest BCUT2D eigenvalue weighted by atomic mass is 9.88. The molecule has 16 heavy (non-hydrogen) atoms. The van der Waals surface area contributed by atoms with Crippen molar-refractivity contribution in [3.05, 3.63) is 35.2 Å². The lowest BCUT2D eigenvalue weighted by Gasteiger charge is -2.22. The Balaban J connectivity index is 2.11. The van der Waals surface area contributed by atoms with Crippen LogP contribution in [0.25, 0.3) is 0 Å². The molecule has 0 spiro atoms. The SMILES string of the molecule is O=C1NCc2cc3c(cc2N1)C(=O)[CH]CC3. The quantitative estimate of drug-likeness (QED) is 0.691. The van der Waals surface area contributed by atoms with Crippen LogP contribution in [-0.2, 0) is 13.0 Å². The maximum absolute atomic E-state index is 11.7. The first-order chi connectivity index (χ1) is 7.74. The first-order valence-corrected chi connectivity index (χ1v) is 5.32. The van der Waals surface area contributed by atoms with E-state index in [1.54, 1.807) is 12.5 Å². The van der Waals surface area contributed by atoms with Crippen molar-refractivity contribution in [2.24, 2.45) is 0 Å². The third kappa shape index (κ3) is 1.38. The molecule has 4 nitrogen and oxygen atoms in total. The topological polar surface area (TPSA) is 58.2 Å². The minimum absolute atomic E-state index is 0.0665. The van der Waals surface area contributed by atoms with Crippen LogP contribution in [0.3, 0.4) is 0 Å². The molecule has 4 heteroatoms. The van der Waals surface area contributed by atoms with Crippen molar-refractivity contribution in [1.82, 2.24) is 5.32 Å². The Morgan fingerprint density at radius 1 is 1.12 bits per heavy atom. The summed E-state index contributed by atoms with van der Waals surface area (Å²) < 4.78 is 0. The van der Waals surface area contributed by atoms with Gasteiger partial charge in [-0.3, -0.25) is 4.79 Å². The molecular weight excluding hydrogens is 204 g/mol. The number of urea groups is 1. The van der Waals surface area contributed by atoms with Gasteiger partial charge in [0.2, 0.25) is 0 Å². The summed E-state index contributed by atoms with van der Waals surface area (Å²) in [7, 11) is 0. The molecule has 1 aliphatic heterocycles. The van der Waals surface area contributed by atoms with Crippen molar-refractivity contribution in [1.29, 1.82) is 0 Å². The van der Waals surface area contributed by atoms with E-state index in [4.69, 9.17) is 0 Å². The summed E-state index contributed by atoms with van der Waals surface area (Å²) in [5.41, 5.74) is 3.62. The molecule has 0 bridgehead atoms. The van der Waals surface area contributed by atoms with Crippen LogP contribution < -0.4 is 10.6 Å². The van der Waals surface area contributed by atoms with Gasteiger partial charge >= 0.3 is 6.03 Å². The Morgan fingerprint density at radius 2 is 2.00 bits per heavy atom. The fourth-order valence-electron chi connectivity index (χ4n) is 2.21. The summed E-state index contributed by atoms with van der Waals surface area (Å²) in [6.45, 7) is 0.534. The number of rotatable bonds is 0. The summed E-state index contributed by atoms with van der Waals surface area (Å²) in [5.74, 6) is 0.0665. The van der Waals surface area contributed by atoms with E-state index in [2.05, 4.69) is 10.6 Å². The monoisotopic (exact) mass is 215 g/mol. The highest BCUT2D eigenvalue weighted by Gasteiger charge is 2.22. The molecule has 0 aromatic heterocycles. The molecule has 3 rings (SSSR count). The average Bonchev–Trinajstić information content (AvgIpc) is 2.28. The number of anilines is 1. The minimum Gasteiger partial charge on any atom is -0.334 e. The smallest absolute Gasteiger partial charge is 0.319 e. The van der Waals surface area contributed by atoms with E-state index in [0.717, 1.165) is 35.2 Å². The molecule has 0 saturated heterocycles. The maximum Gasteiger partial charge on any atom is 0.319 e. The van der Waals surface area contributed by atoms with Crippen LogP contribution in [0.2, 0.25) is 0 Å². The van der Waals surface area contributed by atoms with Gasteiger partial charge in [0.05, 0.1) is 0 Å². The Morgan fingerprint density at radius 3 is 2.88 bits per heavy atom. The molecule has 1 aromatic rings. The van der Waals surface area contributed by atoms with E-state index in [-0.39, 0.29) is 11.8 Å². The van der Waals surface area contributed by atoms with Gasteiger partial charge in [0.15, 0.2) is 5.78 Å². The van der Waals surface area contributed by atoms with Gasteiger partial charge in [0, 0.05) is 24.2 Å². The predicted molar refractivity (Wildman–Crippen MR) is 59.3 cm³/mol. The van der Waals surface area contributed by atoms with Gasteiger partial charge in [0.1, 0.15) is 0 Å². The largest absolute Gasteiger partial charge is 0.334 e. The number of aryl methyl sites for hydroxylation is 1. The second-order valence-electron chi connectivity index (χ2n) is 4.08. The molecule has 0 unspecified atom stereocenters. The molecule has 81 valence electrons. The standard InChI is InChI=1S/C12H11N2O2/c15-11-3-1-2-7-4-8-6-13-12(16)14-10(8)5-9(7)11/h3-5H,1-2,6H2,(H2,13,14,16). The number of Topliss-reactive ketones (excluding diaryl/α,β-unsaturated/α-hetero) is 1. The average molecular weight is 215 g/mol. The van der Waals surface area contributed by atoms with Crippen molar-refractivity contribution in [3.8, 4) is 0 Å². The molecule has 2 N–H and O–H groups in total. The molecular formula is C12H11N2O2. The number of carbonyl (C=O) groups excluding carboxylic acids is 2. The lowest BCUT2D eigenvalue weighted by molar-refractivity contribution is 0.102. The predicted octanol–water partition coefficient (Wildman–Crippen LogP) is 1.65. The van der Waals surface area contributed by atoms with Gasteiger partial charge in [-0.15, -0.1) is 0 Å². The van der Waals surface area contributed by atoms with Crippen molar-refractivity contribution in [2.45, 2.75) is 19.4 Å². The number of hydrogen-bond acceptors (Lipinski definition) is 2. The zero-order valence-electron chi connectivity index (χ0n) is 8.67. The summed E-state index contributed by atoms with van der Waals surface area (Å²) in [6, 6.07) is 3.60. The molecule has 1 heterocycles. The Hall–Kier alpha value is -1.84. The summed E-state index contributed by atoms with van der Waals surface area (Å²) >= 11 is 0. The molecule has 1 aliphatic carbocycles. The number of benzene rings is 1. The third-order valence-corrected chi connectivity index (χ3v) is 3.03. The first kappa shape index (κ1) is 9.39. The van der Waals surface area contributed by atoms with Gasteiger partial charge in [0.25, 0.3) is 0 Å². The van der Waals surface area contributed by atoms with Crippen LogP contribution in [0.1, 0.15) is 27.9 Å². The number of nitrogens with one attached hydrogen (secondary N) is 2.